The molecule has 1 saturated heterocycles. The van der Waals surface area contributed by atoms with Crippen LogP contribution in [0.3, 0.4) is 0 Å². The lowest BCUT2D eigenvalue weighted by atomic mass is 9.90. The molecular formula is C24H29N3O4S. The zero-order valence-electron chi connectivity index (χ0n) is 18.7. The van der Waals surface area contributed by atoms with Crippen LogP contribution in [0.2, 0.25) is 0 Å². The van der Waals surface area contributed by atoms with E-state index in [0.29, 0.717) is 18.5 Å². The van der Waals surface area contributed by atoms with Gasteiger partial charge in [-0.3, -0.25) is 4.79 Å². The maximum atomic E-state index is 12.9. The van der Waals surface area contributed by atoms with Crippen LogP contribution in [0.15, 0.2) is 51.6 Å². The molecule has 3 aliphatic rings. The second-order valence-electron chi connectivity index (χ2n) is 8.07. The average Bonchev–Trinajstić information content (AvgIpc) is 3.46. The molecule has 1 fully saturated rings. The number of carbonyl (C=O) groups is 2. The third-order valence-corrected chi connectivity index (χ3v) is 6.89. The van der Waals surface area contributed by atoms with Gasteiger partial charge in [0, 0.05) is 18.8 Å². The number of methoxy groups -OCH3 is 1. The molecule has 8 heteroatoms. The van der Waals surface area contributed by atoms with Gasteiger partial charge in [-0.25, -0.2) is 9.79 Å². The van der Waals surface area contributed by atoms with Crippen molar-refractivity contribution < 1.29 is 19.1 Å². The van der Waals surface area contributed by atoms with E-state index in [4.69, 9.17) is 14.5 Å². The summed E-state index contributed by atoms with van der Waals surface area (Å²) in [6.45, 7) is 5.30. The lowest BCUT2D eigenvalue weighted by molar-refractivity contribution is -0.136. The Morgan fingerprint density at radius 3 is 2.84 bits per heavy atom. The van der Waals surface area contributed by atoms with Gasteiger partial charge in [-0.15, -0.1) is 0 Å². The summed E-state index contributed by atoms with van der Waals surface area (Å²) in [6, 6.07) is 7.61. The fraction of sp³-hybridized carbons (Fsp3) is 0.458. The molecule has 4 rings (SSSR count). The Morgan fingerprint density at radius 1 is 1.34 bits per heavy atom. The maximum Gasteiger partial charge on any atom is 0.338 e. The van der Waals surface area contributed by atoms with Gasteiger partial charge in [-0.2, -0.15) is 0 Å². The molecule has 0 saturated carbocycles. The first-order chi connectivity index (χ1) is 15.5. The maximum absolute atomic E-state index is 12.9. The molecule has 3 heterocycles. The first-order valence-electron chi connectivity index (χ1n) is 11.0. The summed E-state index contributed by atoms with van der Waals surface area (Å²) in [7, 11) is 1.39. The third kappa shape index (κ3) is 4.47. The number of nitrogens with zero attached hydrogens (tertiary/aromatic N) is 2. The van der Waals surface area contributed by atoms with Gasteiger partial charge in [0.25, 0.3) is 0 Å². The number of rotatable bonds is 7. The number of aliphatic imine (C=N–C) groups is 1. The van der Waals surface area contributed by atoms with Crippen molar-refractivity contribution in [2.75, 3.05) is 20.3 Å². The highest BCUT2D eigenvalue weighted by Crippen LogP contribution is 2.46. The second-order valence-corrected chi connectivity index (χ2v) is 8.91. The highest BCUT2D eigenvalue weighted by molar-refractivity contribution is 8.16. The SMILES string of the molecule is CCC1=C(C(=O)OC)[C@H](c2ccccc2C)N2C(CC(=O)NC[C@H]3CCCO3)=CSC2=N1. The lowest BCUT2D eigenvalue weighted by Gasteiger charge is -2.37. The van der Waals surface area contributed by atoms with Crippen LogP contribution in [0.4, 0.5) is 0 Å². The molecule has 0 radical (unpaired) electrons. The van der Waals surface area contributed by atoms with E-state index in [9.17, 15) is 9.59 Å². The van der Waals surface area contributed by atoms with Gasteiger partial charge in [-0.05, 0) is 42.7 Å². The van der Waals surface area contributed by atoms with Gasteiger partial charge < -0.3 is 19.7 Å². The van der Waals surface area contributed by atoms with E-state index >= 15 is 0 Å². The van der Waals surface area contributed by atoms with E-state index in [2.05, 4.69) is 5.32 Å². The number of esters is 1. The lowest BCUT2D eigenvalue weighted by Crippen LogP contribution is -2.39. The average molecular weight is 456 g/mol. The van der Waals surface area contributed by atoms with Crippen LogP contribution in [-0.2, 0) is 19.1 Å². The Labute approximate surface area is 192 Å². The van der Waals surface area contributed by atoms with Gasteiger partial charge in [0.15, 0.2) is 5.17 Å². The minimum atomic E-state index is -0.392. The fourth-order valence-electron chi connectivity index (χ4n) is 4.36. The van der Waals surface area contributed by atoms with Crippen molar-refractivity contribution in [1.82, 2.24) is 10.2 Å². The molecule has 32 heavy (non-hydrogen) atoms. The van der Waals surface area contributed by atoms with Crippen LogP contribution >= 0.6 is 11.8 Å². The quantitative estimate of drug-likeness (QED) is 0.630. The van der Waals surface area contributed by atoms with E-state index in [1.54, 1.807) is 0 Å². The molecule has 1 aromatic carbocycles. The molecule has 3 aliphatic heterocycles. The summed E-state index contributed by atoms with van der Waals surface area (Å²) < 4.78 is 10.8. The van der Waals surface area contributed by atoms with Crippen molar-refractivity contribution in [3.63, 3.8) is 0 Å². The minimum Gasteiger partial charge on any atom is -0.466 e. The van der Waals surface area contributed by atoms with Crippen LogP contribution in [-0.4, -0.2) is 48.3 Å². The van der Waals surface area contributed by atoms with Crippen LogP contribution < -0.4 is 5.32 Å². The predicted octanol–water partition coefficient (Wildman–Crippen LogP) is 3.82. The topological polar surface area (TPSA) is 80.2 Å². The standard InChI is InChI=1S/C24H29N3O4S/c1-4-19-21(23(29)30-3)22(18-10-6-5-8-15(18)2)27-16(14-32-24(27)26-19)12-20(28)25-13-17-9-7-11-31-17/h5-6,8,10,14,17,22H,4,7,9,11-13H2,1-3H3,(H,25,28)/t17-,22+/m1/s1. The van der Waals surface area contributed by atoms with E-state index in [1.165, 1.54) is 18.9 Å². The van der Waals surface area contributed by atoms with Gasteiger partial charge in [-0.1, -0.05) is 43.0 Å². The number of thioether (sulfide) groups is 1. The molecule has 0 bridgehead atoms. The number of ether oxygens (including phenoxy) is 2. The van der Waals surface area contributed by atoms with Crippen LogP contribution in [0.1, 0.15) is 49.8 Å². The Kier molecular flexibility index (Phi) is 7.01. The Hall–Kier alpha value is -2.58. The van der Waals surface area contributed by atoms with Crippen molar-refractivity contribution in [3.05, 3.63) is 57.8 Å². The summed E-state index contributed by atoms with van der Waals surface area (Å²) >= 11 is 1.49. The zero-order chi connectivity index (χ0) is 22.7. The van der Waals surface area contributed by atoms with Crippen molar-refractivity contribution in [1.29, 1.82) is 0 Å². The van der Waals surface area contributed by atoms with Crippen LogP contribution in [0.5, 0.6) is 0 Å². The number of allylic oxidation sites excluding steroid dienone is 1. The first-order valence-corrected chi connectivity index (χ1v) is 11.9. The van der Waals surface area contributed by atoms with E-state index < -0.39 is 12.0 Å². The molecular weight excluding hydrogens is 426 g/mol. The molecule has 1 amide bonds. The Balaban J connectivity index is 1.64. The van der Waals surface area contributed by atoms with Gasteiger partial charge in [0.1, 0.15) is 0 Å². The highest BCUT2D eigenvalue weighted by atomic mass is 32.2. The van der Waals surface area contributed by atoms with Crippen molar-refractivity contribution in [2.45, 2.75) is 51.7 Å². The van der Waals surface area contributed by atoms with Gasteiger partial charge in [0.05, 0.1) is 36.9 Å². The number of fused-ring (bicyclic) bond motifs is 1. The molecule has 0 spiro atoms. The van der Waals surface area contributed by atoms with E-state index in [-0.39, 0.29) is 18.4 Å². The van der Waals surface area contributed by atoms with Gasteiger partial charge >= 0.3 is 5.97 Å². The predicted molar refractivity (Wildman–Crippen MR) is 125 cm³/mol. The normalized spacial score (nSPS) is 22.4. The number of hydrogen-bond acceptors (Lipinski definition) is 7. The number of hydrogen-bond donors (Lipinski definition) is 1. The Bertz CT molecular complexity index is 995. The minimum absolute atomic E-state index is 0.0676. The number of aryl methyl sites for hydroxylation is 1. The molecule has 7 nitrogen and oxygen atoms in total. The highest BCUT2D eigenvalue weighted by Gasteiger charge is 2.41. The third-order valence-electron chi connectivity index (χ3n) is 6.00. The zero-order valence-corrected chi connectivity index (χ0v) is 19.5. The van der Waals surface area contributed by atoms with Gasteiger partial charge in [0.2, 0.25) is 5.91 Å². The van der Waals surface area contributed by atoms with Crippen molar-refractivity contribution >= 4 is 28.8 Å². The van der Waals surface area contributed by atoms with E-state index in [1.807, 2.05) is 48.4 Å². The van der Waals surface area contributed by atoms with Crippen LogP contribution in [0.25, 0.3) is 0 Å². The molecule has 0 aromatic heterocycles. The molecule has 1 N–H and O–H groups in total. The van der Waals surface area contributed by atoms with Crippen molar-refractivity contribution in [3.8, 4) is 0 Å². The van der Waals surface area contributed by atoms with E-state index in [0.717, 1.165) is 47.1 Å². The van der Waals surface area contributed by atoms with Crippen LogP contribution in [0, 0.1) is 6.92 Å². The Morgan fingerprint density at radius 2 is 2.16 bits per heavy atom. The number of nitrogens with one attached hydrogen (secondary N) is 1. The molecule has 0 aliphatic carbocycles. The second kappa shape index (κ2) is 9.92. The summed E-state index contributed by atoms with van der Waals surface area (Å²) in [5.74, 6) is -0.459. The summed E-state index contributed by atoms with van der Waals surface area (Å²) in [5, 5.41) is 5.74. The molecule has 170 valence electrons. The number of benzene rings is 1. The monoisotopic (exact) mass is 455 g/mol. The number of carbonyl (C=O) groups excluding carboxylic acids is 2. The number of amidine groups is 1. The smallest absolute Gasteiger partial charge is 0.338 e. The summed E-state index contributed by atoms with van der Waals surface area (Å²) in [4.78, 5) is 32.4. The largest absolute Gasteiger partial charge is 0.466 e. The fourth-order valence-corrected chi connectivity index (χ4v) is 5.30. The molecule has 1 aromatic rings. The first kappa shape index (κ1) is 22.6. The molecule has 0 unspecified atom stereocenters. The van der Waals surface area contributed by atoms with Crippen molar-refractivity contribution in [2.24, 2.45) is 4.99 Å². The summed E-state index contributed by atoms with van der Waals surface area (Å²) in [6.07, 6.45) is 2.93. The molecule has 2 atom stereocenters. The summed E-state index contributed by atoms with van der Waals surface area (Å²) in [5.41, 5.74) is 4.14. The number of amides is 1.